The Labute approximate surface area is 70.7 Å². The van der Waals surface area contributed by atoms with Crippen molar-refractivity contribution < 1.29 is 0 Å². The number of hydrogen-bond donors (Lipinski definition) is 0. The topological polar surface area (TPSA) is 0 Å². The molecule has 3 atom stereocenters. The van der Waals surface area contributed by atoms with Gasteiger partial charge in [0.2, 0.25) is 0 Å². The third-order valence-corrected chi connectivity index (χ3v) is 3.07. The zero-order valence-corrected chi connectivity index (χ0v) is 8.22. The highest BCUT2D eigenvalue weighted by molar-refractivity contribution is 5.07. The number of allylic oxidation sites excluding steroid dienone is 2. The van der Waals surface area contributed by atoms with Crippen molar-refractivity contribution in [2.75, 3.05) is 0 Å². The summed E-state index contributed by atoms with van der Waals surface area (Å²) < 4.78 is 0. The molecule has 0 aromatic carbocycles. The fourth-order valence-electron chi connectivity index (χ4n) is 2.59. The smallest absolute Gasteiger partial charge is 0.0228 e. The summed E-state index contributed by atoms with van der Waals surface area (Å²) >= 11 is 0. The molecule has 0 heteroatoms. The maximum Gasteiger partial charge on any atom is -0.0228 e. The van der Waals surface area contributed by atoms with Crippen LogP contribution in [0.15, 0.2) is 11.6 Å². The highest BCUT2D eigenvalue weighted by atomic mass is 14.3. The van der Waals surface area contributed by atoms with E-state index in [-0.39, 0.29) is 0 Å². The Morgan fingerprint density at radius 3 is 2.55 bits per heavy atom. The van der Waals surface area contributed by atoms with E-state index in [1.54, 1.807) is 5.57 Å². The SMILES string of the molecule is CCC1C(C)C=C(C)CC1C. The van der Waals surface area contributed by atoms with Crippen LogP contribution in [-0.2, 0) is 0 Å². The lowest BCUT2D eigenvalue weighted by Crippen LogP contribution is -2.22. The summed E-state index contributed by atoms with van der Waals surface area (Å²) in [4.78, 5) is 0. The first-order valence-corrected chi connectivity index (χ1v) is 4.82. The van der Waals surface area contributed by atoms with Crippen molar-refractivity contribution in [3.63, 3.8) is 0 Å². The molecule has 1 rings (SSSR count). The maximum absolute atomic E-state index is 2.45. The van der Waals surface area contributed by atoms with Gasteiger partial charge in [0, 0.05) is 0 Å². The molecule has 11 heavy (non-hydrogen) atoms. The molecule has 1 aliphatic carbocycles. The van der Waals surface area contributed by atoms with Crippen molar-refractivity contribution in [3.8, 4) is 0 Å². The zero-order chi connectivity index (χ0) is 8.43. The van der Waals surface area contributed by atoms with E-state index in [0.29, 0.717) is 0 Å². The van der Waals surface area contributed by atoms with Crippen LogP contribution in [-0.4, -0.2) is 0 Å². The highest BCUT2D eigenvalue weighted by Crippen LogP contribution is 2.35. The molecule has 0 aliphatic heterocycles. The second-order valence-corrected chi connectivity index (χ2v) is 4.13. The Kier molecular flexibility index (Phi) is 2.75. The van der Waals surface area contributed by atoms with Crippen LogP contribution in [0, 0.1) is 17.8 Å². The molecule has 0 bridgehead atoms. The summed E-state index contributed by atoms with van der Waals surface area (Å²) in [5.41, 5.74) is 1.59. The second-order valence-electron chi connectivity index (χ2n) is 4.13. The summed E-state index contributed by atoms with van der Waals surface area (Å²) in [5.74, 6) is 2.64. The van der Waals surface area contributed by atoms with Crippen molar-refractivity contribution in [2.45, 2.75) is 40.5 Å². The van der Waals surface area contributed by atoms with E-state index in [1.807, 2.05) is 0 Å². The second kappa shape index (κ2) is 3.42. The van der Waals surface area contributed by atoms with Gasteiger partial charge in [0.05, 0.1) is 0 Å². The van der Waals surface area contributed by atoms with Gasteiger partial charge >= 0.3 is 0 Å². The van der Waals surface area contributed by atoms with Gasteiger partial charge in [-0.15, -0.1) is 0 Å². The molecule has 0 heterocycles. The molecule has 0 aromatic rings. The van der Waals surface area contributed by atoms with Gasteiger partial charge < -0.3 is 0 Å². The van der Waals surface area contributed by atoms with Crippen molar-refractivity contribution in [1.82, 2.24) is 0 Å². The first-order chi connectivity index (χ1) is 5.15. The van der Waals surface area contributed by atoms with Crippen molar-refractivity contribution in [1.29, 1.82) is 0 Å². The van der Waals surface area contributed by atoms with Crippen molar-refractivity contribution in [2.24, 2.45) is 17.8 Å². The number of rotatable bonds is 1. The van der Waals surface area contributed by atoms with Crippen LogP contribution in [0.1, 0.15) is 40.5 Å². The van der Waals surface area contributed by atoms with Gasteiger partial charge in [-0.25, -0.2) is 0 Å². The molecule has 0 spiro atoms. The average molecular weight is 152 g/mol. The van der Waals surface area contributed by atoms with Gasteiger partial charge in [0.25, 0.3) is 0 Å². The molecule has 0 aromatic heterocycles. The molecule has 0 N–H and O–H groups in total. The monoisotopic (exact) mass is 152 g/mol. The first-order valence-electron chi connectivity index (χ1n) is 4.82. The van der Waals surface area contributed by atoms with Gasteiger partial charge in [-0.05, 0) is 31.1 Å². The quantitative estimate of drug-likeness (QED) is 0.503. The third-order valence-electron chi connectivity index (χ3n) is 3.07. The van der Waals surface area contributed by atoms with Gasteiger partial charge in [-0.3, -0.25) is 0 Å². The molecular formula is C11H20. The minimum absolute atomic E-state index is 0.809. The number of hydrogen-bond acceptors (Lipinski definition) is 0. The summed E-state index contributed by atoms with van der Waals surface area (Å²) in [6.07, 6.45) is 5.11. The first kappa shape index (κ1) is 8.83. The summed E-state index contributed by atoms with van der Waals surface area (Å²) in [5, 5.41) is 0. The maximum atomic E-state index is 2.45. The highest BCUT2D eigenvalue weighted by Gasteiger charge is 2.24. The average Bonchev–Trinajstić information content (AvgIpc) is 1.85. The lowest BCUT2D eigenvalue weighted by atomic mass is 9.74. The Morgan fingerprint density at radius 2 is 2.09 bits per heavy atom. The Hall–Kier alpha value is -0.260. The molecular weight excluding hydrogens is 132 g/mol. The van der Waals surface area contributed by atoms with Crippen LogP contribution in [0.5, 0.6) is 0 Å². The van der Waals surface area contributed by atoms with Gasteiger partial charge in [0.15, 0.2) is 0 Å². The standard InChI is InChI=1S/C11H20/c1-5-11-9(3)6-8(2)7-10(11)4/h6,9-11H,5,7H2,1-4H3. The lowest BCUT2D eigenvalue weighted by molar-refractivity contribution is 0.264. The molecule has 3 unspecified atom stereocenters. The molecule has 0 saturated heterocycles. The van der Waals surface area contributed by atoms with Gasteiger partial charge in [-0.2, -0.15) is 0 Å². The molecule has 0 fully saturated rings. The van der Waals surface area contributed by atoms with E-state index < -0.39 is 0 Å². The Morgan fingerprint density at radius 1 is 1.45 bits per heavy atom. The van der Waals surface area contributed by atoms with Crippen LogP contribution >= 0.6 is 0 Å². The molecule has 0 radical (unpaired) electrons. The van der Waals surface area contributed by atoms with E-state index in [9.17, 15) is 0 Å². The van der Waals surface area contributed by atoms with E-state index in [1.165, 1.54) is 12.8 Å². The minimum Gasteiger partial charge on any atom is -0.0825 e. The summed E-state index contributed by atoms with van der Waals surface area (Å²) in [6.45, 7) is 9.32. The predicted octanol–water partition coefficient (Wildman–Crippen LogP) is 3.63. The summed E-state index contributed by atoms with van der Waals surface area (Å²) in [6, 6.07) is 0. The van der Waals surface area contributed by atoms with E-state index in [4.69, 9.17) is 0 Å². The largest absolute Gasteiger partial charge is 0.0825 e. The zero-order valence-electron chi connectivity index (χ0n) is 8.22. The predicted molar refractivity (Wildman–Crippen MR) is 50.5 cm³/mol. The molecule has 64 valence electrons. The van der Waals surface area contributed by atoms with Crippen LogP contribution in [0.25, 0.3) is 0 Å². The molecule has 0 amide bonds. The molecule has 0 saturated carbocycles. The van der Waals surface area contributed by atoms with E-state index in [2.05, 4.69) is 33.8 Å². The third kappa shape index (κ3) is 1.85. The Balaban J connectivity index is 2.69. The van der Waals surface area contributed by atoms with E-state index in [0.717, 1.165) is 17.8 Å². The van der Waals surface area contributed by atoms with Crippen LogP contribution in [0.2, 0.25) is 0 Å². The van der Waals surface area contributed by atoms with Gasteiger partial charge in [0.1, 0.15) is 0 Å². The fourth-order valence-corrected chi connectivity index (χ4v) is 2.59. The van der Waals surface area contributed by atoms with E-state index >= 15 is 0 Å². The lowest BCUT2D eigenvalue weighted by Gasteiger charge is -2.32. The molecule has 1 aliphatic rings. The van der Waals surface area contributed by atoms with Crippen LogP contribution in [0.3, 0.4) is 0 Å². The van der Waals surface area contributed by atoms with Crippen molar-refractivity contribution in [3.05, 3.63) is 11.6 Å². The van der Waals surface area contributed by atoms with Crippen molar-refractivity contribution >= 4 is 0 Å². The van der Waals surface area contributed by atoms with Crippen LogP contribution in [0.4, 0.5) is 0 Å². The molecule has 0 nitrogen and oxygen atoms in total. The van der Waals surface area contributed by atoms with Gasteiger partial charge in [-0.1, -0.05) is 38.8 Å². The Bertz CT molecular complexity index is 155. The normalized spacial score (nSPS) is 38.5. The fraction of sp³-hybridized carbons (Fsp3) is 0.818. The minimum atomic E-state index is 0.809. The van der Waals surface area contributed by atoms with Crippen LogP contribution < -0.4 is 0 Å². The summed E-state index contributed by atoms with van der Waals surface area (Å²) in [7, 11) is 0.